The summed E-state index contributed by atoms with van der Waals surface area (Å²) in [5.74, 6) is 0.525. The summed E-state index contributed by atoms with van der Waals surface area (Å²) in [4.78, 5) is 117. The zero-order valence-corrected chi connectivity index (χ0v) is 72.6. The topological polar surface area (TPSA) is 331 Å². The number of hydrogen-bond acceptors (Lipinski definition) is 24. The Hall–Kier alpha value is -13.5. The number of nitrogens with zero attached hydrogens (tertiary/aromatic N) is 20. The van der Waals surface area contributed by atoms with Crippen LogP contribution in [0.3, 0.4) is 0 Å². The molecule has 4 amide bonds. The highest BCUT2D eigenvalue weighted by Crippen LogP contribution is 2.38. The van der Waals surface area contributed by atoms with E-state index in [1.807, 2.05) is 154 Å². The summed E-state index contributed by atoms with van der Waals surface area (Å²) in [7, 11) is 10.7. The molecule has 1 N–H and O–H groups in total. The zero-order chi connectivity index (χ0) is 87.6. The van der Waals surface area contributed by atoms with Crippen LogP contribution < -0.4 is 46.3 Å². The van der Waals surface area contributed by atoms with Crippen LogP contribution in [0, 0.1) is 45.3 Å². The normalized spacial score (nSPS) is 14.0. The molecule has 0 unspecified atom stereocenters. The molecule has 11 heterocycles. The molecule has 13 aromatic rings. The molecule has 0 aliphatic carbocycles. The van der Waals surface area contributed by atoms with E-state index in [0.717, 1.165) is 84.1 Å². The van der Waals surface area contributed by atoms with Gasteiger partial charge >= 0.3 is 0 Å². The van der Waals surface area contributed by atoms with Crippen LogP contribution in [0.5, 0.6) is 5.88 Å². The summed E-state index contributed by atoms with van der Waals surface area (Å²) in [5.41, 5.74) is 6.83. The SMILES string of the molecule is CN(C)CCCOc1nc2ccccc2c(N2CCN(C(=O)c3cccs3)CC2)c1C#N.CNc1nsnc1C(=O)N1CCN(c2c(C#N)c(=O)n(C)c3ccccc23)CC1.Cn1c(=O)c(C#N)c(N2CCN(C(=O)c3ccc(Cl)c(Cl)c3)CC2)c2cc(Cl)ccc21.Cn1c(=O)c(C#N)c(N2CCN(C(=O)c3nccc4ccccc34)CC2)c2ccccc21. The van der Waals surface area contributed by atoms with Crippen molar-refractivity contribution < 1.29 is 23.9 Å². The lowest BCUT2D eigenvalue weighted by Crippen LogP contribution is -2.49. The lowest BCUT2D eigenvalue weighted by molar-refractivity contribution is 0.0735. The van der Waals surface area contributed by atoms with Crippen LogP contribution in [0.2, 0.25) is 15.1 Å². The van der Waals surface area contributed by atoms with Gasteiger partial charge in [0.25, 0.3) is 40.3 Å². The Morgan fingerprint density at radius 2 is 0.935 bits per heavy atom. The maximum absolute atomic E-state index is 13.2. The number of amides is 4. The number of rotatable bonds is 14. The predicted octanol–water partition coefficient (Wildman–Crippen LogP) is 12.0. The molecule has 4 saturated heterocycles. The number of piperazine rings is 4. The number of aromatic nitrogens is 7. The Kier molecular flexibility index (Phi) is 27.1. The Morgan fingerprint density at radius 1 is 0.476 bits per heavy atom. The number of halogens is 3. The van der Waals surface area contributed by atoms with E-state index >= 15 is 0 Å². The molecule has 34 heteroatoms. The molecule has 0 atom stereocenters. The number of para-hydroxylation sites is 3. The molecule has 0 radical (unpaired) electrons. The van der Waals surface area contributed by atoms with Gasteiger partial charge in [0.15, 0.2) is 11.5 Å². The van der Waals surface area contributed by atoms with Crippen molar-refractivity contribution in [3.63, 3.8) is 0 Å². The average Bonchev–Trinajstić information content (AvgIpc) is 1.64. The van der Waals surface area contributed by atoms with E-state index < -0.39 is 0 Å². The second-order valence-electron chi connectivity index (χ2n) is 29.9. The van der Waals surface area contributed by atoms with E-state index in [9.17, 15) is 54.6 Å². The van der Waals surface area contributed by atoms with Crippen LogP contribution in [-0.4, -0.2) is 220 Å². The predicted molar refractivity (Wildman–Crippen MR) is 486 cm³/mol. The highest BCUT2D eigenvalue weighted by molar-refractivity contribution is 7.12. The first-order valence-corrected chi connectivity index (χ1v) is 42.7. The third kappa shape index (κ3) is 17.9. The minimum absolute atomic E-state index is 0.0709. The van der Waals surface area contributed by atoms with Gasteiger partial charge < -0.3 is 67.9 Å². The van der Waals surface area contributed by atoms with Crippen LogP contribution in [0.25, 0.3) is 54.4 Å². The van der Waals surface area contributed by atoms with Crippen molar-refractivity contribution in [3.05, 3.63) is 253 Å². The highest BCUT2D eigenvalue weighted by atomic mass is 35.5. The number of carbonyl (C=O) groups is 4. The third-order valence-electron chi connectivity index (χ3n) is 22.4. The zero-order valence-electron chi connectivity index (χ0n) is 68.7. The monoisotopic (exact) mass is 1760 g/mol. The first kappa shape index (κ1) is 86.9. The van der Waals surface area contributed by atoms with Crippen molar-refractivity contribution in [3.8, 4) is 30.2 Å². The summed E-state index contributed by atoms with van der Waals surface area (Å²) in [6.07, 6.45) is 2.52. The van der Waals surface area contributed by atoms with Crippen molar-refractivity contribution in [1.29, 1.82) is 21.0 Å². The molecule has 6 aromatic carbocycles. The number of nitriles is 4. The second kappa shape index (κ2) is 38.7. The van der Waals surface area contributed by atoms with E-state index in [1.165, 1.54) is 25.0 Å². The van der Waals surface area contributed by atoms with Crippen LogP contribution >= 0.6 is 57.9 Å². The summed E-state index contributed by atoms with van der Waals surface area (Å²) >= 11 is 20.7. The summed E-state index contributed by atoms with van der Waals surface area (Å²) in [5, 5.41) is 50.4. The van der Waals surface area contributed by atoms with Gasteiger partial charge in [0.05, 0.1) is 78.1 Å². The first-order valence-electron chi connectivity index (χ1n) is 39.9. The van der Waals surface area contributed by atoms with Gasteiger partial charge in [-0.2, -0.15) is 29.8 Å². The standard InChI is InChI=1S/C25H21N5O2.C24H27N5O2S.C22H17Cl3N4O2.C19H19N7O2S/c1-28-21-9-5-4-8-19(21)23(20(16-26)24(28)31)29-12-14-30(15-13-29)25(32)22-18-7-3-2-6-17(18)10-11-27-22;1-27(2)10-6-15-31-23-19(17-25)22(18-7-3-4-8-20(18)26-23)28-11-13-29(14-12-28)24(30)21-9-5-16-32-21;1-27-19-5-3-14(23)11-15(19)20(16(12-26)22(27)31)28-6-8-29(9-7-28)21(30)13-2-4-17(24)18(25)10-13;1-21-17-15(22-29-23-17)19(28)26-9-7-25(8-10-26)16-12-5-3-4-6-14(12)24(2)18(27)13(16)11-20/h2-11H,12-15H2,1H3;3-5,7-9,16H,6,10-15H2,1-2H3;2-5,10-11H,6-9H2,1H3;3-6H,7-10H2,1-2H3,(H,21,23). The molecular weight excluding hydrogens is 1670 g/mol. The maximum Gasteiger partial charge on any atom is 0.277 e. The third-order valence-corrected chi connectivity index (χ3v) is 24.7. The van der Waals surface area contributed by atoms with Crippen LogP contribution in [-0.2, 0) is 21.1 Å². The van der Waals surface area contributed by atoms with Crippen LogP contribution in [0.1, 0.15) is 69.7 Å². The van der Waals surface area contributed by atoms with Crippen molar-refractivity contribution in [2.24, 2.45) is 21.1 Å². The number of pyridine rings is 5. The Balaban J connectivity index is 0.000000135. The molecular formula is C90H84Cl3N21O8S2. The number of fused-ring (bicyclic) bond motifs is 5. The lowest BCUT2D eigenvalue weighted by Gasteiger charge is -2.37. The molecule has 4 aliphatic rings. The highest BCUT2D eigenvalue weighted by Gasteiger charge is 2.34. The largest absolute Gasteiger partial charge is 0.477 e. The minimum atomic E-state index is -0.360. The van der Waals surface area contributed by atoms with Gasteiger partial charge in [-0.05, 0) is 98.0 Å². The van der Waals surface area contributed by atoms with E-state index in [2.05, 4.69) is 58.1 Å². The van der Waals surface area contributed by atoms with Crippen LogP contribution in [0.15, 0.2) is 178 Å². The van der Waals surface area contributed by atoms with E-state index in [0.29, 0.717) is 183 Å². The van der Waals surface area contributed by atoms with Crippen molar-refractivity contribution in [1.82, 2.24) is 56.9 Å². The fourth-order valence-corrected chi connectivity index (χ4v) is 17.7. The Labute approximate surface area is 736 Å². The van der Waals surface area contributed by atoms with Gasteiger partial charge in [0.2, 0.25) is 5.88 Å². The maximum atomic E-state index is 13.2. The van der Waals surface area contributed by atoms with Gasteiger partial charge in [-0.3, -0.25) is 38.5 Å². The molecule has 0 spiro atoms. The molecule has 0 bridgehead atoms. The number of anilines is 5. The summed E-state index contributed by atoms with van der Waals surface area (Å²) in [6.45, 7) is 9.73. The Bertz CT molecular complexity index is 6650. The summed E-state index contributed by atoms with van der Waals surface area (Å²) in [6, 6.07) is 55.0. The Morgan fingerprint density at radius 3 is 1.44 bits per heavy atom. The number of nitrogens with one attached hydrogen (secondary N) is 1. The molecule has 630 valence electrons. The molecule has 0 saturated carbocycles. The van der Waals surface area contributed by atoms with Gasteiger partial charge in [-0.25, -0.2) is 4.98 Å². The van der Waals surface area contributed by atoms with E-state index in [4.69, 9.17) is 39.5 Å². The van der Waals surface area contributed by atoms with Crippen LogP contribution in [0.4, 0.5) is 28.6 Å². The number of aryl methyl sites for hydroxylation is 3. The number of ether oxygens (including phenoxy) is 1. The quantitative estimate of drug-likeness (QED) is 0.0988. The van der Waals surface area contributed by atoms with Gasteiger partial charge in [0.1, 0.15) is 52.2 Å². The fourth-order valence-electron chi connectivity index (χ4n) is 16.0. The number of thiophene rings is 1. The van der Waals surface area contributed by atoms with Crippen molar-refractivity contribution in [2.45, 2.75) is 6.42 Å². The van der Waals surface area contributed by atoms with Gasteiger partial charge in [-0.15, -0.1) is 11.3 Å². The first-order chi connectivity index (χ1) is 60.1. The minimum Gasteiger partial charge on any atom is -0.477 e. The number of carbonyl (C=O) groups excluding carboxylic acids is 4. The smallest absolute Gasteiger partial charge is 0.277 e. The van der Waals surface area contributed by atoms with Crippen molar-refractivity contribution in [2.75, 3.05) is 164 Å². The molecule has 7 aromatic heterocycles. The van der Waals surface area contributed by atoms with Gasteiger partial charge in [-0.1, -0.05) is 120 Å². The lowest BCUT2D eigenvalue weighted by atomic mass is 10.1. The molecule has 4 fully saturated rings. The van der Waals surface area contributed by atoms with E-state index in [-0.39, 0.29) is 57.0 Å². The fraction of sp³-hybridized carbons (Fsp3) is 0.278. The molecule has 124 heavy (non-hydrogen) atoms. The van der Waals surface area contributed by atoms with Gasteiger partial charge in [0, 0.05) is 183 Å². The van der Waals surface area contributed by atoms with Crippen molar-refractivity contribution >= 4 is 164 Å². The number of hydrogen-bond donors (Lipinski definition) is 1. The molecule has 17 rings (SSSR count). The molecule has 4 aliphatic heterocycles. The number of benzene rings is 6. The molecule has 29 nitrogen and oxygen atoms in total. The second-order valence-corrected chi connectivity index (χ2v) is 32.6. The summed E-state index contributed by atoms with van der Waals surface area (Å²) < 4.78 is 18.6. The average molecular weight is 1760 g/mol. The van der Waals surface area contributed by atoms with E-state index in [1.54, 1.807) is 85.5 Å².